The average Bonchev–Trinajstić information content (AvgIpc) is 2.36. The predicted molar refractivity (Wildman–Crippen MR) is 80.1 cm³/mol. The van der Waals surface area contributed by atoms with E-state index < -0.39 is 0 Å². The lowest BCUT2D eigenvalue weighted by molar-refractivity contribution is 0.442. The second-order valence-corrected chi connectivity index (χ2v) is 5.59. The van der Waals surface area contributed by atoms with Crippen molar-refractivity contribution in [2.45, 2.75) is 38.8 Å². The quantitative estimate of drug-likeness (QED) is 0.782. The SMILES string of the molecule is CCC(CSC)NC(CC)c1ccc(Cl)cc1. The minimum atomic E-state index is 0.435. The van der Waals surface area contributed by atoms with Gasteiger partial charge in [-0.1, -0.05) is 37.6 Å². The molecule has 2 unspecified atom stereocenters. The second-order valence-electron chi connectivity index (χ2n) is 4.24. The molecule has 0 bridgehead atoms. The summed E-state index contributed by atoms with van der Waals surface area (Å²) in [5.74, 6) is 1.17. The molecule has 3 heteroatoms. The Balaban J connectivity index is 2.67. The van der Waals surface area contributed by atoms with E-state index in [0.717, 1.165) is 11.4 Å². The molecule has 0 heterocycles. The lowest BCUT2D eigenvalue weighted by atomic mass is 10.0. The molecule has 0 aromatic heterocycles. The van der Waals surface area contributed by atoms with Gasteiger partial charge in [-0.05, 0) is 36.8 Å². The Bertz CT molecular complexity index is 313. The Labute approximate surface area is 114 Å². The zero-order valence-corrected chi connectivity index (χ0v) is 12.4. The van der Waals surface area contributed by atoms with E-state index in [2.05, 4.69) is 37.6 Å². The fourth-order valence-corrected chi connectivity index (χ4v) is 2.77. The number of thioether (sulfide) groups is 1. The van der Waals surface area contributed by atoms with Crippen LogP contribution in [0.1, 0.15) is 38.3 Å². The first-order valence-electron chi connectivity index (χ1n) is 6.21. The van der Waals surface area contributed by atoms with Crippen molar-refractivity contribution in [1.29, 1.82) is 0 Å². The number of rotatable bonds is 7. The van der Waals surface area contributed by atoms with Crippen LogP contribution in [0.5, 0.6) is 0 Å². The molecular weight excluding hydrogens is 250 g/mol. The molecule has 17 heavy (non-hydrogen) atoms. The van der Waals surface area contributed by atoms with Gasteiger partial charge < -0.3 is 5.32 Å². The Kier molecular flexibility index (Phi) is 7.02. The third kappa shape index (κ3) is 4.90. The molecule has 0 saturated carbocycles. The summed E-state index contributed by atoms with van der Waals surface area (Å²) in [6, 6.07) is 9.20. The summed E-state index contributed by atoms with van der Waals surface area (Å²) in [6.45, 7) is 4.46. The van der Waals surface area contributed by atoms with E-state index in [1.807, 2.05) is 23.9 Å². The summed E-state index contributed by atoms with van der Waals surface area (Å²) in [5, 5.41) is 4.53. The van der Waals surface area contributed by atoms with Gasteiger partial charge in [0.05, 0.1) is 0 Å². The van der Waals surface area contributed by atoms with Crippen LogP contribution in [0.25, 0.3) is 0 Å². The van der Waals surface area contributed by atoms with Gasteiger partial charge >= 0.3 is 0 Å². The van der Waals surface area contributed by atoms with Gasteiger partial charge in [-0.15, -0.1) is 0 Å². The van der Waals surface area contributed by atoms with Gasteiger partial charge in [0.15, 0.2) is 0 Å². The highest BCUT2D eigenvalue weighted by Crippen LogP contribution is 2.20. The van der Waals surface area contributed by atoms with E-state index in [-0.39, 0.29) is 0 Å². The van der Waals surface area contributed by atoms with Crippen LogP contribution >= 0.6 is 23.4 Å². The molecule has 0 saturated heterocycles. The molecule has 0 aliphatic heterocycles. The number of halogens is 1. The largest absolute Gasteiger partial charge is 0.306 e. The second kappa shape index (κ2) is 8.02. The van der Waals surface area contributed by atoms with Crippen LogP contribution in [0.3, 0.4) is 0 Å². The lowest BCUT2D eigenvalue weighted by Crippen LogP contribution is -2.34. The van der Waals surface area contributed by atoms with Crippen LogP contribution in [0.15, 0.2) is 24.3 Å². The topological polar surface area (TPSA) is 12.0 Å². The number of nitrogens with one attached hydrogen (secondary N) is 1. The van der Waals surface area contributed by atoms with Crippen molar-refractivity contribution in [3.8, 4) is 0 Å². The van der Waals surface area contributed by atoms with Crippen LogP contribution < -0.4 is 5.32 Å². The van der Waals surface area contributed by atoms with Gasteiger partial charge in [-0.3, -0.25) is 0 Å². The normalized spacial score (nSPS) is 14.6. The predicted octanol–water partition coefficient (Wildman–Crippen LogP) is 4.52. The van der Waals surface area contributed by atoms with Crippen molar-refractivity contribution >= 4 is 23.4 Å². The molecule has 96 valence electrons. The Hall–Kier alpha value is -0.180. The van der Waals surface area contributed by atoms with Gasteiger partial charge in [-0.2, -0.15) is 11.8 Å². The lowest BCUT2D eigenvalue weighted by Gasteiger charge is -2.24. The van der Waals surface area contributed by atoms with Gasteiger partial charge in [0.25, 0.3) is 0 Å². The summed E-state index contributed by atoms with van der Waals surface area (Å²) in [6.07, 6.45) is 4.44. The fraction of sp³-hybridized carbons (Fsp3) is 0.571. The number of hydrogen-bond donors (Lipinski definition) is 1. The van der Waals surface area contributed by atoms with E-state index in [0.29, 0.717) is 12.1 Å². The van der Waals surface area contributed by atoms with Crippen molar-refractivity contribution in [3.05, 3.63) is 34.9 Å². The van der Waals surface area contributed by atoms with E-state index >= 15 is 0 Å². The average molecular weight is 272 g/mol. The molecule has 2 atom stereocenters. The van der Waals surface area contributed by atoms with Crippen LogP contribution in [-0.4, -0.2) is 18.1 Å². The van der Waals surface area contributed by atoms with Crippen LogP contribution in [0.4, 0.5) is 0 Å². The minimum absolute atomic E-state index is 0.435. The zero-order valence-electron chi connectivity index (χ0n) is 10.9. The van der Waals surface area contributed by atoms with Gasteiger partial charge in [0, 0.05) is 22.9 Å². The highest BCUT2D eigenvalue weighted by molar-refractivity contribution is 7.98. The van der Waals surface area contributed by atoms with Gasteiger partial charge in [-0.25, -0.2) is 0 Å². The summed E-state index contributed by atoms with van der Waals surface area (Å²) < 4.78 is 0. The molecular formula is C14H22ClNS. The maximum atomic E-state index is 5.92. The van der Waals surface area contributed by atoms with Crippen LogP contribution in [0, 0.1) is 0 Å². The third-order valence-corrected chi connectivity index (χ3v) is 3.97. The first kappa shape index (κ1) is 14.9. The molecule has 0 aliphatic carbocycles. The summed E-state index contributed by atoms with van der Waals surface area (Å²) >= 11 is 7.82. The Morgan fingerprint density at radius 1 is 1.18 bits per heavy atom. The van der Waals surface area contributed by atoms with Crippen molar-refractivity contribution in [1.82, 2.24) is 5.32 Å². The molecule has 0 amide bonds. The molecule has 1 aromatic carbocycles. The Morgan fingerprint density at radius 2 is 1.82 bits per heavy atom. The zero-order chi connectivity index (χ0) is 12.7. The van der Waals surface area contributed by atoms with Crippen molar-refractivity contribution in [3.63, 3.8) is 0 Å². The first-order chi connectivity index (χ1) is 8.21. The molecule has 1 N–H and O–H groups in total. The molecule has 0 spiro atoms. The van der Waals surface area contributed by atoms with Crippen molar-refractivity contribution in [2.24, 2.45) is 0 Å². The molecule has 1 nitrogen and oxygen atoms in total. The summed E-state index contributed by atoms with van der Waals surface area (Å²) in [7, 11) is 0. The van der Waals surface area contributed by atoms with Crippen molar-refractivity contribution in [2.75, 3.05) is 12.0 Å². The maximum Gasteiger partial charge on any atom is 0.0406 e. The standard InChI is InChI=1S/C14H22ClNS/c1-4-13(10-17-3)16-14(5-2)11-6-8-12(15)9-7-11/h6-9,13-14,16H,4-5,10H2,1-3H3. The number of hydrogen-bond acceptors (Lipinski definition) is 2. The molecule has 0 radical (unpaired) electrons. The molecule has 1 rings (SSSR count). The fourth-order valence-electron chi connectivity index (χ4n) is 1.91. The van der Waals surface area contributed by atoms with Crippen LogP contribution in [-0.2, 0) is 0 Å². The van der Waals surface area contributed by atoms with E-state index in [9.17, 15) is 0 Å². The smallest absolute Gasteiger partial charge is 0.0406 e. The summed E-state index contributed by atoms with van der Waals surface area (Å²) in [5.41, 5.74) is 1.33. The monoisotopic (exact) mass is 271 g/mol. The molecule has 0 fully saturated rings. The van der Waals surface area contributed by atoms with E-state index in [4.69, 9.17) is 11.6 Å². The van der Waals surface area contributed by atoms with Gasteiger partial charge in [0.2, 0.25) is 0 Å². The van der Waals surface area contributed by atoms with Crippen molar-refractivity contribution < 1.29 is 0 Å². The highest BCUT2D eigenvalue weighted by Gasteiger charge is 2.13. The maximum absolute atomic E-state index is 5.92. The van der Waals surface area contributed by atoms with E-state index in [1.165, 1.54) is 17.7 Å². The number of benzene rings is 1. The third-order valence-electron chi connectivity index (χ3n) is 2.98. The molecule has 1 aromatic rings. The van der Waals surface area contributed by atoms with Gasteiger partial charge in [0.1, 0.15) is 0 Å². The first-order valence-corrected chi connectivity index (χ1v) is 7.98. The Morgan fingerprint density at radius 3 is 2.29 bits per heavy atom. The summed E-state index contributed by atoms with van der Waals surface area (Å²) in [4.78, 5) is 0. The van der Waals surface area contributed by atoms with Crippen LogP contribution in [0.2, 0.25) is 5.02 Å². The molecule has 0 aliphatic rings. The highest BCUT2D eigenvalue weighted by atomic mass is 35.5. The van der Waals surface area contributed by atoms with E-state index in [1.54, 1.807) is 0 Å². The minimum Gasteiger partial charge on any atom is -0.306 e.